The van der Waals surface area contributed by atoms with E-state index >= 15 is 0 Å². The fourth-order valence-corrected chi connectivity index (χ4v) is 2.64. The lowest BCUT2D eigenvalue weighted by molar-refractivity contribution is -0.140. The Morgan fingerprint density at radius 2 is 1.94 bits per heavy atom. The molecule has 16 heavy (non-hydrogen) atoms. The van der Waals surface area contributed by atoms with Crippen molar-refractivity contribution in [2.45, 2.75) is 33.1 Å². The van der Waals surface area contributed by atoms with Gasteiger partial charge in [-0.3, -0.25) is 9.59 Å². The summed E-state index contributed by atoms with van der Waals surface area (Å²) < 4.78 is 0. The number of hydrogen-bond donors (Lipinski definition) is 2. The van der Waals surface area contributed by atoms with Crippen LogP contribution >= 0.6 is 0 Å². The summed E-state index contributed by atoms with van der Waals surface area (Å²) in [7, 11) is 0. The Kier molecular flexibility index (Phi) is 2.68. The highest BCUT2D eigenvalue weighted by molar-refractivity contribution is 5.91. The summed E-state index contributed by atoms with van der Waals surface area (Å²) >= 11 is 0. The van der Waals surface area contributed by atoms with E-state index in [-0.39, 0.29) is 17.2 Å². The van der Waals surface area contributed by atoms with Crippen molar-refractivity contribution < 1.29 is 14.7 Å². The molecular formula is C12H19NO3. The second-order valence-electron chi connectivity index (χ2n) is 5.66. The average molecular weight is 225 g/mol. The van der Waals surface area contributed by atoms with Crippen LogP contribution in [0.2, 0.25) is 0 Å². The topological polar surface area (TPSA) is 66.4 Å². The molecule has 2 saturated carbocycles. The fraction of sp³-hybridized carbons (Fsp3) is 0.833. The third-order valence-corrected chi connectivity index (χ3v) is 4.17. The van der Waals surface area contributed by atoms with Gasteiger partial charge in [-0.05, 0) is 24.2 Å². The zero-order valence-electron chi connectivity index (χ0n) is 9.82. The molecule has 4 heteroatoms. The predicted octanol–water partition coefficient (Wildman–Crippen LogP) is 1.26. The van der Waals surface area contributed by atoms with E-state index in [1.54, 1.807) is 0 Å². The molecule has 2 fully saturated rings. The zero-order chi connectivity index (χ0) is 11.9. The van der Waals surface area contributed by atoms with E-state index in [1.165, 1.54) is 19.3 Å². The molecule has 0 aliphatic heterocycles. The van der Waals surface area contributed by atoms with Crippen LogP contribution < -0.4 is 5.32 Å². The van der Waals surface area contributed by atoms with Crippen LogP contribution in [0, 0.1) is 23.2 Å². The highest BCUT2D eigenvalue weighted by Gasteiger charge is 2.65. The van der Waals surface area contributed by atoms with Crippen molar-refractivity contribution in [1.29, 1.82) is 0 Å². The van der Waals surface area contributed by atoms with Crippen molar-refractivity contribution >= 4 is 11.9 Å². The Hall–Kier alpha value is -1.06. The molecule has 0 aromatic heterocycles. The average Bonchev–Trinajstić information content (AvgIpc) is 2.66. The van der Waals surface area contributed by atoms with Crippen LogP contribution in [0.4, 0.5) is 0 Å². The highest BCUT2D eigenvalue weighted by Crippen LogP contribution is 2.58. The Morgan fingerprint density at radius 1 is 1.31 bits per heavy atom. The minimum absolute atomic E-state index is 0.0794. The number of carbonyl (C=O) groups excluding carboxylic acids is 1. The molecule has 2 rings (SSSR count). The number of aliphatic carboxylic acids is 1. The number of hydrogen-bond acceptors (Lipinski definition) is 2. The first kappa shape index (κ1) is 11.4. The molecule has 2 atom stereocenters. The number of amides is 1. The standard InChI is InChI=1S/C12H19NO3/c1-12(2)8(9(12)11(15)16)10(14)13-6-7-4-3-5-7/h7-9H,3-6H2,1-2H3,(H,13,14)(H,15,16)/t8-,9+/m1/s1. The number of carboxylic acid groups (broad SMARTS) is 1. The van der Waals surface area contributed by atoms with Gasteiger partial charge in [0.1, 0.15) is 0 Å². The van der Waals surface area contributed by atoms with Gasteiger partial charge in [0.25, 0.3) is 0 Å². The smallest absolute Gasteiger partial charge is 0.307 e. The SMILES string of the molecule is CC1(C)[C@H](C(=O)O)[C@@H]1C(=O)NCC1CCC1. The van der Waals surface area contributed by atoms with Crippen LogP contribution in [0.15, 0.2) is 0 Å². The summed E-state index contributed by atoms with van der Waals surface area (Å²) in [5.74, 6) is -1.16. The highest BCUT2D eigenvalue weighted by atomic mass is 16.4. The summed E-state index contributed by atoms with van der Waals surface area (Å²) in [5.41, 5.74) is -0.379. The fourth-order valence-electron chi connectivity index (χ4n) is 2.64. The van der Waals surface area contributed by atoms with E-state index in [0.29, 0.717) is 5.92 Å². The third-order valence-electron chi connectivity index (χ3n) is 4.17. The van der Waals surface area contributed by atoms with Gasteiger partial charge in [-0.15, -0.1) is 0 Å². The molecule has 2 aliphatic carbocycles. The molecule has 0 bridgehead atoms. The van der Waals surface area contributed by atoms with E-state index in [0.717, 1.165) is 6.54 Å². The van der Waals surface area contributed by atoms with Crippen molar-refractivity contribution in [2.75, 3.05) is 6.54 Å². The Bertz CT molecular complexity index is 320. The van der Waals surface area contributed by atoms with Crippen molar-refractivity contribution in [2.24, 2.45) is 23.2 Å². The largest absolute Gasteiger partial charge is 0.481 e. The molecule has 4 nitrogen and oxygen atoms in total. The van der Waals surface area contributed by atoms with Gasteiger partial charge >= 0.3 is 5.97 Å². The first-order valence-corrected chi connectivity index (χ1v) is 5.95. The monoisotopic (exact) mass is 225 g/mol. The van der Waals surface area contributed by atoms with Gasteiger partial charge in [0.15, 0.2) is 0 Å². The summed E-state index contributed by atoms with van der Waals surface area (Å²) in [6.45, 7) is 4.41. The molecule has 0 aromatic carbocycles. The first-order valence-electron chi connectivity index (χ1n) is 5.95. The molecule has 0 saturated heterocycles. The second kappa shape index (κ2) is 3.75. The van der Waals surface area contributed by atoms with E-state index in [4.69, 9.17) is 5.11 Å². The number of carbonyl (C=O) groups is 2. The molecule has 90 valence electrons. The molecule has 2 aliphatic rings. The number of nitrogens with one attached hydrogen (secondary N) is 1. The van der Waals surface area contributed by atoms with E-state index < -0.39 is 11.9 Å². The molecule has 0 heterocycles. The molecule has 0 radical (unpaired) electrons. The van der Waals surface area contributed by atoms with Crippen molar-refractivity contribution in [1.82, 2.24) is 5.32 Å². The van der Waals surface area contributed by atoms with Gasteiger partial charge in [0.05, 0.1) is 11.8 Å². The van der Waals surface area contributed by atoms with Gasteiger partial charge in [-0.2, -0.15) is 0 Å². The van der Waals surface area contributed by atoms with E-state index in [1.807, 2.05) is 13.8 Å². The van der Waals surface area contributed by atoms with Gasteiger partial charge < -0.3 is 10.4 Å². The lowest BCUT2D eigenvalue weighted by atomic mass is 9.85. The quantitative estimate of drug-likeness (QED) is 0.757. The zero-order valence-corrected chi connectivity index (χ0v) is 9.82. The van der Waals surface area contributed by atoms with Gasteiger partial charge in [-0.1, -0.05) is 20.3 Å². The second-order valence-corrected chi connectivity index (χ2v) is 5.66. The maximum absolute atomic E-state index is 11.8. The van der Waals surface area contributed by atoms with Crippen LogP contribution in [0.3, 0.4) is 0 Å². The predicted molar refractivity (Wildman–Crippen MR) is 58.7 cm³/mol. The van der Waals surface area contributed by atoms with Crippen molar-refractivity contribution in [3.05, 3.63) is 0 Å². The van der Waals surface area contributed by atoms with Crippen molar-refractivity contribution in [3.8, 4) is 0 Å². The summed E-state index contributed by atoms with van der Waals surface area (Å²) in [6.07, 6.45) is 3.64. The number of carboxylic acids is 1. The first-order chi connectivity index (χ1) is 7.44. The minimum atomic E-state index is -0.853. The number of rotatable bonds is 4. The molecule has 2 N–H and O–H groups in total. The molecule has 1 amide bonds. The summed E-state index contributed by atoms with van der Waals surface area (Å²) in [6, 6.07) is 0. The van der Waals surface area contributed by atoms with Crippen LogP contribution in [-0.4, -0.2) is 23.5 Å². The van der Waals surface area contributed by atoms with Crippen LogP contribution in [0.5, 0.6) is 0 Å². The van der Waals surface area contributed by atoms with Crippen molar-refractivity contribution in [3.63, 3.8) is 0 Å². The Balaban J connectivity index is 1.83. The molecular weight excluding hydrogens is 206 g/mol. The normalized spacial score (nSPS) is 31.6. The molecule has 0 aromatic rings. The summed E-state index contributed by atoms with van der Waals surface area (Å²) in [5, 5.41) is 11.8. The Labute approximate surface area is 95.4 Å². The molecule has 0 unspecified atom stereocenters. The van der Waals surface area contributed by atoms with E-state index in [9.17, 15) is 9.59 Å². The van der Waals surface area contributed by atoms with Gasteiger partial charge in [-0.25, -0.2) is 0 Å². The summed E-state index contributed by atoms with van der Waals surface area (Å²) in [4.78, 5) is 22.7. The maximum atomic E-state index is 11.8. The van der Waals surface area contributed by atoms with Crippen LogP contribution in [-0.2, 0) is 9.59 Å². The minimum Gasteiger partial charge on any atom is -0.481 e. The van der Waals surface area contributed by atoms with Gasteiger partial charge in [0, 0.05) is 6.54 Å². The third kappa shape index (κ3) is 1.81. The van der Waals surface area contributed by atoms with Crippen LogP contribution in [0.1, 0.15) is 33.1 Å². The van der Waals surface area contributed by atoms with Crippen LogP contribution in [0.25, 0.3) is 0 Å². The lowest BCUT2D eigenvalue weighted by Gasteiger charge is -2.25. The van der Waals surface area contributed by atoms with E-state index in [2.05, 4.69) is 5.32 Å². The Morgan fingerprint density at radius 3 is 2.31 bits per heavy atom. The molecule has 0 spiro atoms. The van der Waals surface area contributed by atoms with Gasteiger partial charge in [0.2, 0.25) is 5.91 Å². The maximum Gasteiger partial charge on any atom is 0.307 e. The lowest BCUT2D eigenvalue weighted by Crippen LogP contribution is -2.34.